The Kier molecular flexibility index (Phi) is 8.33. The van der Waals surface area contributed by atoms with Gasteiger partial charge in [-0.25, -0.2) is 10.4 Å². The fraction of sp³-hybridized carbons (Fsp3) is 0.0741. The van der Waals surface area contributed by atoms with E-state index in [1.54, 1.807) is 30.3 Å². The van der Waals surface area contributed by atoms with Gasteiger partial charge < -0.3 is 14.8 Å². The quantitative estimate of drug-likeness (QED) is 0.141. The predicted molar refractivity (Wildman–Crippen MR) is 146 cm³/mol. The number of hydrogen-bond donors (Lipinski definition) is 2. The summed E-state index contributed by atoms with van der Waals surface area (Å²) in [7, 11) is 1.52. The van der Waals surface area contributed by atoms with Crippen molar-refractivity contribution in [3.05, 3.63) is 101 Å². The predicted octanol–water partition coefficient (Wildman–Crippen LogP) is 6.54. The van der Waals surface area contributed by atoms with Gasteiger partial charge in [0.25, 0.3) is 5.91 Å². The number of para-hydroxylation sites is 1. The Hall–Kier alpha value is -4.14. The molecule has 0 spiro atoms. The number of aromatic nitrogens is 1. The van der Waals surface area contributed by atoms with Gasteiger partial charge in [0.2, 0.25) is 0 Å². The van der Waals surface area contributed by atoms with Crippen LogP contribution in [0.3, 0.4) is 0 Å². The molecule has 0 saturated carbocycles. The van der Waals surface area contributed by atoms with Crippen LogP contribution in [0.5, 0.6) is 11.5 Å². The average molecular weight is 519 g/mol. The third kappa shape index (κ3) is 6.29. The van der Waals surface area contributed by atoms with Crippen LogP contribution in [0.2, 0.25) is 5.02 Å². The number of carbonyl (C=O) groups excluding carboxylic acids is 1. The lowest BCUT2D eigenvalue weighted by atomic mass is 10.1. The standard InChI is InChI=1S/C27H23ClN4O3S/c1-3-13-35-25-22(28)14-18(15-24(25)34-2)16-29-32-26(33)20-11-9-19(10-12-20)23-17-36-27(31-23)30-21-7-5-4-6-8-21/h3-12,14-17H,1,13H2,2H3,(H,30,31)(H,32,33)/b29-16-. The van der Waals surface area contributed by atoms with Crippen molar-refractivity contribution in [3.8, 4) is 22.8 Å². The van der Waals surface area contributed by atoms with Gasteiger partial charge in [0, 0.05) is 22.2 Å². The van der Waals surface area contributed by atoms with Crippen molar-refractivity contribution >= 4 is 45.9 Å². The summed E-state index contributed by atoms with van der Waals surface area (Å²) in [5, 5.41) is 10.4. The number of thiazole rings is 1. The second-order valence-electron chi connectivity index (χ2n) is 7.44. The van der Waals surface area contributed by atoms with Gasteiger partial charge in [0.05, 0.1) is 24.0 Å². The van der Waals surface area contributed by atoms with Crippen LogP contribution >= 0.6 is 22.9 Å². The summed E-state index contributed by atoms with van der Waals surface area (Å²) >= 11 is 7.81. The molecule has 0 atom stereocenters. The highest BCUT2D eigenvalue weighted by Gasteiger charge is 2.12. The van der Waals surface area contributed by atoms with Crippen molar-refractivity contribution in [2.45, 2.75) is 0 Å². The van der Waals surface area contributed by atoms with Crippen molar-refractivity contribution in [1.29, 1.82) is 0 Å². The zero-order valence-electron chi connectivity index (χ0n) is 19.4. The number of rotatable bonds is 10. The largest absolute Gasteiger partial charge is 0.493 e. The fourth-order valence-electron chi connectivity index (χ4n) is 3.23. The average Bonchev–Trinajstić information content (AvgIpc) is 3.37. The van der Waals surface area contributed by atoms with E-state index in [1.165, 1.54) is 24.7 Å². The smallest absolute Gasteiger partial charge is 0.271 e. The minimum Gasteiger partial charge on any atom is -0.493 e. The van der Waals surface area contributed by atoms with Crippen molar-refractivity contribution in [3.63, 3.8) is 0 Å². The van der Waals surface area contributed by atoms with Crippen LogP contribution in [0, 0.1) is 0 Å². The first kappa shape index (κ1) is 25.0. The summed E-state index contributed by atoms with van der Waals surface area (Å²) in [6.45, 7) is 3.92. The molecule has 4 rings (SSSR count). The fourth-order valence-corrected chi connectivity index (χ4v) is 4.24. The Morgan fingerprint density at radius 3 is 2.67 bits per heavy atom. The lowest BCUT2D eigenvalue weighted by Crippen LogP contribution is -2.17. The van der Waals surface area contributed by atoms with Crippen LogP contribution in [-0.4, -0.2) is 30.8 Å². The minimum absolute atomic E-state index is 0.298. The van der Waals surface area contributed by atoms with E-state index >= 15 is 0 Å². The molecule has 9 heteroatoms. The SMILES string of the molecule is C=CCOc1c(Cl)cc(/C=N\NC(=O)c2ccc(-c3csc(Nc4ccccc4)n3)cc2)cc1OC. The molecule has 3 aromatic carbocycles. The summed E-state index contributed by atoms with van der Waals surface area (Å²) in [6.07, 6.45) is 3.10. The number of amides is 1. The maximum absolute atomic E-state index is 12.5. The van der Waals surface area contributed by atoms with Crippen LogP contribution in [0.1, 0.15) is 15.9 Å². The lowest BCUT2D eigenvalue weighted by Gasteiger charge is -2.11. The van der Waals surface area contributed by atoms with Gasteiger partial charge in [-0.05, 0) is 42.0 Å². The van der Waals surface area contributed by atoms with Crippen LogP contribution in [-0.2, 0) is 0 Å². The van der Waals surface area contributed by atoms with E-state index in [2.05, 4.69) is 27.4 Å². The van der Waals surface area contributed by atoms with Gasteiger partial charge in [-0.3, -0.25) is 4.79 Å². The molecular weight excluding hydrogens is 496 g/mol. The second-order valence-corrected chi connectivity index (χ2v) is 8.70. The first-order chi connectivity index (χ1) is 17.6. The summed E-state index contributed by atoms with van der Waals surface area (Å²) in [4.78, 5) is 17.1. The molecular formula is C27H23ClN4O3S. The minimum atomic E-state index is -0.341. The maximum Gasteiger partial charge on any atom is 0.271 e. The maximum atomic E-state index is 12.5. The number of halogens is 1. The first-order valence-corrected chi connectivity index (χ1v) is 12.2. The molecule has 182 valence electrons. The van der Waals surface area contributed by atoms with Crippen molar-refractivity contribution in [2.24, 2.45) is 5.10 Å². The molecule has 0 unspecified atom stereocenters. The van der Waals surface area contributed by atoms with E-state index in [-0.39, 0.29) is 5.91 Å². The van der Waals surface area contributed by atoms with Crippen LogP contribution < -0.4 is 20.2 Å². The first-order valence-electron chi connectivity index (χ1n) is 10.9. The van der Waals surface area contributed by atoms with E-state index in [0.717, 1.165) is 22.1 Å². The van der Waals surface area contributed by atoms with Crippen molar-refractivity contribution in [1.82, 2.24) is 10.4 Å². The summed E-state index contributed by atoms with van der Waals surface area (Å²) in [5.74, 6) is 0.534. The second kappa shape index (κ2) is 12.0. The van der Waals surface area contributed by atoms with E-state index in [0.29, 0.717) is 34.3 Å². The molecule has 2 N–H and O–H groups in total. The van der Waals surface area contributed by atoms with Crippen LogP contribution in [0.15, 0.2) is 89.9 Å². The number of nitrogens with zero attached hydrogens (tertiary/aromatic N) is 2. The van der Waals surface area contributed by atoms with Gasteiger partial charge in [0.1, 0.15) is 6.61 Å². The van der Waals surface area contributed by atoms with E-state index in [1.807, 2.05) is 47.8 Å². The highest BCUT2D eigenvalue weighted by Crippen LogP contribution is 2.36. The Morgan fingerprint density at radius 1 is 1.17 bits per heavy atom. The van der Waals surface area contributed by atoms with E-state index < -0.39 is 0 Å². The van der Waals surface area contributed by atoms with E-state index in [4.69, 9.17) is 21.1 Å². The zero-order valence-corrected chi connectivity index (χ0v) is 21.0. The topological polar surface area (TPSA) is 84.8 Å². The van der Waals surface area contributed by atoms with Gasteiger partial charge >= 0.3 is 0 Å². The summed E-state index contributed by atoms with van der Waals surface area (Å²) < 4.78 is 10.9. The van der Waals surface area contributed by atoms with Gasteiger partial charge in [-0.1, -0.05) is 54.6 Å². The molecule has 0 fully saturated rings. The summed E-state index contributed by atoms with van der Waals surface area (Å²) in [5.41, 5.74) is 6.35. The number of hydrazone groups is 1. The molecule has 0 aliphatic heterocycles. The normalized spacial score (nSPS) is 10.7. The molecule has 7 nitrogen and oxygen atoms in total. The number of benzene rings is 3. The molecule has 0 radical (unpaired) electrons. The number of carbonyl (C=O) groups is 1. The van der Waals surface area contributed by atoms with Crippen molar-refractivity contribution < 1.29 is 14.3 Å². The zero-order chi connectivity index (χ0) is 25.3. The molecule has 0 bridgehead atoms. The monoisotopic (exact) mass is 518 g/mol. The Balaban J connectivity index is 1.38. The molecule has 1 aromatic heterocycles. The number of methoxy groups -OCH3 is 1. The number of ether oxygens (including phenoxy) is 2. The number of nitrogens with one attached hydrogen (secondary N) is 2. The van der Waals surface area contributed by atoms with E-state index in [9.17, 15) is 4.79 Å². The van der Waals surface area contributed by atoms with Gasteiger partial charge in [-0.15, -0.1) is 11.3 Å². The van der Waals surface area contributed by atoms with Gasteiger partial charge in [0.15, 0.2) is 16.6 Å². The van der Waals surface area contributed by atoms with Crippen LogP contribution in [0.25, 0.3) is 11.3 Å². The molecule has 36 heavy (non-hydrogen) atoms. The highest BCUT2D eigenvalue weighted by molar-refractivity contribution is 7.14. The number of anilines is 2. The molecule has 4 aromatic rings. The highest BCUT2D eigenvalue weighted by atomic mass is 35.5. The number of hydrogen-bond acceptors (Lipinski definition) is 7. The Bertz CT molecular complexity index is 1370. The third-order valence-corrected chi connectivity index (χ3v) is 5.99. The lowest BCUT2D eigenvalue weighted by molar-refractivity contribution is 0.0955. The van der Waals surface area contributed by atoms with Crippen LogP contribution in [0.4, 0.5) is 10.8 Å². The Morgan fingerprint density at radius 2 is 1.94 bits per heavy atom. The Labute approximate surface area is 218 Å². The summed E-state index contributed by atoms with van der Waals surface area (Å²) in [6, 6.07) is 20.4. The molecule has 0 aliphatic carbocycles. The van der Waals surface area contributed by atoms with Gasteiger partial charge in [-0.2, -0.15) is 5.10 Å². The van der Waals surface area contributed by atoms with Crippen molar-refractivity contribution in [2.75, 3.05) is 19.0 Å². The third-order valence-electron chi connectivity index (χ3n) is 4.95. The molecule has 1 amide bonds. The molecule has 1 heterocycles. The molecule has 0 aliphatic rings. The molecule has 0 saturated heterocycles.